The van der Waals surface area contributed by atoms with Crippen LogP contribution >= 0.6 is 15.9 Å². The molecule has 1 heterocycles. The number of nitrogen functional groups attached to an aromatic ring is 1. The lowest BCUT2D eigenvalue weighted by atomic mass is 10.0. The van der Waals surface area contributed by atoms with Crippen molar-refractivity contribution in [2.24, 2.45) is 0 Å². The summed E-state index contributed by atoms with van der Waals surface area (Å²) in [6, 6.07) is 6.12. The Morgan fingerprint density at radius 1 is 1.24 bits per heavy atom. The first-order valence-corrected chi connectivity index (χ1v) is 8.30. The summed E-state index contributed by atoms with van der Waals surface area (Å²) >= 11 is 3.54. The van der Waals surface area contributed by atoms with Gasteiger partial charge in [-0.2, -0.15) is 0 Å². The van der Waals surface area contributed by atoms with Gasteiger partial charge in [0.1, 0.15) is 0 Å². The van der Waals surface area contributed by atoms with Gasteiger partial charge in [0.2, 0.25) is 0 Å². The highest BCUT2D eigenvalue weighted by Crippen LogP contribution is 2.33. The minimum Gasteiger partial charge on any atom is -0.398 e. The Hall–Kier alpha value is -1.43. The third kappa shape index (κ3) is 3.61. The van der Waals surface area contributed by atoms with Crippen LogP contribution in [0.4, 0.5) is 5.69 Å². The molecule has 1 aromatic heterocycles. The van der Waals surface area contributed by atoms with Crippen LogP contribution in [0.15, 0.2) is 22.7 Å². The van der Waals surface area contributed by atoms with Crippen LogP contribution in [0.25, 0.3) is 11.4 Å². The molecule has 0 amide bonds. The van der Waals surface area contributed by atoms with Gasteiger partial charge in [0, 0.05) is 11.3 Å². The number of halogens is 1. The van der Waals surface area contributed by atoms with E-state index in [-0.39, 0.29) is 0 Å². The van der Waals surface area contributed by atoms with E-state index in [1.807, 2.05) is 22.9 Å². The second kappa shape index (κ2) is 7.54. The number of rotatable bonds is 7. The van der Waals surface area contributed by atoms with E-state index < -0.39 is 0 Å². The molecule has 6 heteroatoms. The van der Waals surface area contributed by atoms with Crippen molar-refractivity contribution in [1.82, 2.24) is 20.2 Å². The van der Waals surface area contributed by atoms with E-state index in [2.05, 4.69) is 45.3 Å². The van der Waals surface area contributed by atoms with Crippen molar-refractivity contribution in [1.29, 1.82) is 0 Å². The van der Waals surface area contributed by atoms with E-state index in [1.54, 1.807) is 0 Å². The molecule has 0 radical (unpaired) electrons. The maximum absolute atomic E-state index is 5.97. The van der Waals surface area contributed by atoms with E-state index >= 15 is 0 Å². The van der Waals surface area contributed by atoms with Gasteiger partial charge in [0.25, 0.3) is 0 Å². The largest absolute Gasteiger partial charge is 0.398 e. The first-order chi connectivity index (χ1) is 10.2. The van der Waals surface area contributed by atoms with Crippen molar-refractivity contribution >= 4 is 21.6 Å². The molecule has 1 atom stereocenters. The number of unbranched alkanes of at least 4 members (excludes halogenated alkanes) is 1. The lowest BCUT2D eigenvalue weighted by Gasteiger charge is -2.18. The van der Waals surface area contributed by atoms with E-state index in [4.69, 9.17) is 5.73 Å². The second-order valence-corrected chi connectivity index (χ2v) is 6.03. The summed E-state index contributed by atoms with van der Waals surface area (Å²) in [6.45, 7) is 4.40. The number of anilines is 1. The van der Waals surface area contributed by atoms with Gasteiger partial charge in [-0.1, -0.05) is 39.2 Å². The summed E-state index contributed by atoms with van der Waals surface area (Å²) in [6.07, 6.45) is 5.66. The SMILES string of the molecule is CCCCC(CCC)n1nnnc1-c1cccc(N)c1Br. The number of tetrazole rings is 1. The minimum absolute atomic E-state index is 0.341. The van der Waals surface area contributed by atoms with Crippen LogP contribution in [0.1, 0.15) is 52.0 Å². The molecule has 2 N–H and O–H groups in total. The molecule has 1 aromatic carbocycles. The maximum atomic E-state index is 5.97. The van der Waals surface area contributed by atoms with Gasteiger partial charge in [-0.3, -0.25) is 0 Å². The molecule has 2 rings (SSSR count). The molecule has 21 heavy (non-hydrogen) atoms. The van der Waals surface area contributed by atoms with Gasteiger partial charge in [-0.05, 0) is 51.3 Å². The van der Waals surface area contributed by atoms with Crippen LogP contribution in [0.3, 0.4) is 0 Å². The molecular weight excluding hydrogens is 330 g/mol. The Balaban J connectivity index is 2.38. The fourth-order valence-corrected chi connectivity index (χ4v) is 2.94. The van der Waals surface area contributed by atoms with E-state index in [0.29, 0.717) is 11.7 Å². The molecule has 0 saturated carbocycles. The van der Waals surface area contributed by atoms with Crippen LogP contribution in [0.5, 0.6) is 0 Å². The van der Waals surface area contributed by atoms with Gasteiger partial charge < -0.3 is 5.73 Å². The fourth-order valence-electron chi connectivity index (χ4n) is 2.50. The Labute approximate surface area is 134 Å². The maximum Gasteiger partial charge on any atom is 0.183 e. The Morgan fingerprint density at radius 2 is 2.05 bits per heavy atom. The highest BCUT2D eigenvalue weighted by Gasteiger charge is 2.19. The highest BCUT2D eigenvalue weighted by atomic mass is 79.9. The van der Waals surface area contributed by atoms with E-state index in [9.17, 15) is 0 Å². The first kappa shape index (κ1) is 15.9. The number of nitrogens with zero attached hydrogens (tertiary/aromatic N) is 4. The summed E-state index contributed by atoms with van der Waals surface area (Å²) in [5.41, 5.74) is 7.61. The predicted molar refractivity (Wildman–Crippen MR) is 88.8 cm³/mol. The number of nitrogens with two attached hydrogens (primary N) is 1. The van der Waals surface area contributed by atoms with Gasteiger partial charge >= 0.3 is 0 Å². The van der Waals surface area contributed by atoms with Crippen molar-refractivity contribution in [3.05, 3.63) is 22.7 Å². The average Bonchev–Trinajstić information content (AvgIpc) is 2.95. The third-order valence-corrected chi connectivity index (χ3v) is 4.51. The van der Waals surface area contributed by atoms with Gasteiger partial charge in [0.05, 0.1) is 10.5 Å². The third-order valence-electron chi connectivity index (χ3n) is 3.62. The molecule has 0 aliphatic rings. The molecule has 0 aliphatic carbocycles. The standard InChI is InChI=1S/C15H22BrN5/c1-3-5-8-11(7-4-2)21-15(18-19-20-21)12-9-6-10-13(17)14(12)16/h6,9-11H,3-5,7-8,17H2,1-2H3. The van der Waals surface area contributed by atoms with E-state index in [1.165, 1.54) is 12.8 Å². The molecule has 0 saturated heterocycles. The fraction of sp³-hybridized carbons (Fsp3) is 0.533. The number of hydrogen-bond acceptors (Lipinski definition) is 4. The van der Waals surface area contributed by atoms with Crippen LogP contribution in [-0.4, -0.2) is 20.2 Å². The molecule has 1 unspecified atom stereocenters. The first-order valence-electron chi connectivity index (χ1n) is 7.51. The molecular formula is C15H22BrN5. The Bertz CT molecular complexity index is 581. The monoisotopic (exact) mass is 351 g/mol. The summed E-state index contributed by atoms with van der Waals surface area (Å²) in [4.78, 5) is 0. The number of hydrogen-bond donors (Lipinski definition) is 1. The molecule has 5 nitrogen and oxygen atoms in total. The van der Waals surface area contributed by atoms with Crippen molar-refractivity contribution in [2.45, 2.75) is 52.0 Å². The van der Waals surface area contributed by atoms with Crippen molar-refractivity contribution in [3.8, 4) is 11.4 Å². The van der Waals surface area contributed by atoms with Gasteiger partial charge in [-0.25, -0.2) is 4.68 Å². The van der Waals surface area contributed by atoms with Gasteiger partial charge in [0.15, 0.2) is 5.82 Å². The van der Waals surface area contributed by atoms with Gasteiger partial charge in [-0.15, -0.1) is 5.10 Å². The predicted octanol–water partition coefficient (Wildman–Crippen LogP) is 4.22. The average molecular weight is 352 g/mol. The molecule has 0 fully saturated rings. The molecule has 2 aromatic rings. The summed E-state index contributed by atoms with van der Waals surface area (Å²) in [5.74, 6) is 0.781. The Morgan fingerprint density at radius 3 is 2.76 bits per heavy atom. The summed E-state index contributed by atoms with van der Waals surface area (Å²) in [7, 11) is 0. The Kier molecular flexibility index (Phi) is 5.73. The smallest absolute Gasteiger partial charge is 0.183 e. The normalized spacial score (nSPS) is 12.5. The van der Waals surface area contributed by atoms with Crippen molar-refractivity contribution in [3.63, 3.8) is 0 Å². The molecule has 114 valence electrons. The lowest BCUT2D eigenvalue weighted by molar-refractivity contribution is 0.380. The summed E-state index contributed by atoms with van der Waals surface area (Å²) < 4.78 is 2.81. The lowest BCUT2D eigenvalue weighted by Crippen LogP contribution is -2.13. The topological polar surface area (TPSA) is 69.6 Å². The van der Waals surface area contributed by atoms with Crippen molar-refractivity contribution < 1.29 is 0 Å². The minimum atomic E-state index is 0.341. The zero-order valence-electron chi connectivity index (χ0n) is 12.6. The van der Waals surface area contributed by atoms with Crippen LogP contribution in [-0.2, 0) is 0 Å². The summed E-state index contributed by atoms with van der Waals surface area (Å²) in [5, 5.41) is 12.3. The number of aromatic nitrogens is 4. The van der Waals surface area contributed by atoms with Crippen LogP contribution in [0.2, 0.25) is 0 Å². The number of benzene rings is 1. The highest BCUT2D eigenvalue weighted by molar-refractivity contribution is 9.10. The van der Waals surface area contributed by atoms with E-state index in [0.717, 1.165) is 35.1 Å². The zero-order valence-corrected chi connectivity index (χ0v) is 14.2. The molecule has 0 aliphatic heterocycles. The molecule has 0 bridgehead atoms. The van der Waals surface area contributed by atoms with Crippen LogP contribution < -0.4 is 5.73 Å². The zero-order chi connectivity index (χ0) is 15.2. The van der Waals surface area contributed by atoms with Crippen molar-refractivity contribution in [2.75, 3.05) is 5.73 Å². The molecule has 0 spiro atoms. The quantitative estimate of drug-likeness (QED) is 0.758. The second-order valence-electron chi connectivity index (χ2n) is 5.24. The van der Waals surface area contributed by atoms with Crippen LogP contribution in [0, 0.1) is 0 Å².